The van der Waals surface area contributed by atoms with Crippen molar-refractivity contribution in [3.63, 3.8) is 0 Å². The fourth-order valence-corrected chi connectivity index (χ4v) is 3.81. The summed E-state index contributed by atoms with van der Waals surface area (Å²) in [6.07, 6.45) is 2.94. The summed E-state index contributed by atoms with van der Waals surface area (Å²) in [6.45, 7) is 3.90. The van der Waals surface area contributed by atoms with Gasteiger partial charge in [0, 0.05) is 18.7 Å². The van der Waals surface area contributed by atoms with Gasteiger partial charge < -0.3 is 9.47 Å². The number of nitrogens with one attached hydrogen (secondary N) is 1. The third kappa shape index (κ3) is 5.44. The number of methoxy groups -OCH3 is 1. The molecule has 11 heteroatoms. The second-order valence-electron chi connectivity index (χ2n) is 6.77. The molecule has 1 aliphatic heterocycles. The molecule has 2 aromatic rings. The molecule has 1 aliphatic rings. The van der Waals surface area contributed by atoms with Gasteiger partial charge in [-0.3, -0.25) is 29.9 Å². The number of rotatable bonds is 8. The Bertz CT molecular complexity index is 1180. The predicted octanol–water partition coefficient (Wildman–Crippen LogP) is 3.76. The summed E-state index contributed by atoms with van der Waals surface area (Å²) in [5.41, 5.74) is 1.15. The molecule has 1 saturated heterocycles. The summed E-state index contributed by atoms with van der Waals surface area (Å²) in [5.74, 6) is -0.372. The summed E-state index contributed by atoms with van der Waals surface area (Å²) < 4.78 is 11.8. The highest BCUT2D eigenvalue weighted by atomic mass is 79.9. The third-order valence-electron chi connectivity index (χ3n) is 4.59. The number of nitrogens with zero attached hydrogens (tertiary/aromatic N) is 2. The molecular weight excluding hydrogens is 514 g/mol. The van der Waals surface area contributed by atoms with Crippen LogP contribution in [0.15, 0.2) is 59.1 Å². The maximum absolute atomic E-state index is 12.7. The van der Waals surface area contributed by atoms with Gasteiger partial charge in [-0.1, -0.05) is 6.08 Å². The molecule has 33 heavy (non-hydrogen) atoms. The van der Waals surface area contributed by atoms with E-state index in [0.717, 1.165) is 5.56 Å². The number of thiocarbonyl (C=S) groups is 1. The maximum atomic E-state index is 12.7. The molecule has 1 N–H and O–H groups in total. The van der Waals surface area contributed by atoms with Crippen molar-refractivity contribution in [1.82, 2.24) is 10.2 Å². The minimum atomic E-state index is -0.598. The SMILES string of the molecule is C=CCN1C(=O)/C(=C/c2cc(Br)c(OCc3ccc([N+](=O)[O-])cc3)c(OC)c2)C(=O)NC1=S. The minimum absolute atomic E-state index is 0.0105. The first-order valence-electron chi connectivity index (χ1n) is 9.48. The van der Waals surface area contributed by atoms with Crippen LogP contribution < -0.4 is 14.8 Å². The van der Waals surface area contributed by atoms with Crippen LogP contribution in [-0.4, -0.2) is 40.4 Å². The van der Waals surface area contributed by atoms with E-state index in [1.54, 1.807) is 24.3 Å². The Kier molecular flexibility index (Phi) is 7.56. The van der Waals surface area contributed by atoms with Crippen molar-refractivity contribution in [3.05, 3.63) is 80.3 Å². The van der Waals surface area contributed by atoms with Gasteiger partial charge in [0.05, 0.1) is 16.5 Å². The topological polar surface area (TPSA) is 111 Å². The predicted molar refractivity (Wildman–Crippen MR) is 129 cm³/mol. The van der Waals surface area contributed by atoms with Gasteiger partial charge in [-0.25, -0.2) is 0 Å². The summed E-state index contributed by atoms with van der Waals surface area (Å²) >= 11 is 8.48. The molecule has 0 radical (unpaired) electrons. The van der Waals surface area contributed by atoms with E-state index in [2.05, 4.69) is 27.8 Å². The zero-order chi connectivity index (χ0) is 24.1. The second-order valence-corrected chi connectivity index (χ2v) is 8.01. The highest BCUT2D eigenvalue weighted by molar-refractivity contribution is 9.10. The average Bonchev–Trinajstić information content (AvgIpc) is 2.78. The van der Waals surface area contributed by atoms with Crippen LogP contribution in [0.3, 0.4) is 0 Å². The van der Waals surface area contributed by atoms with E-state index in [0.29, 0.717) is 21.5 Å². The maximum Gasteiger partial charge on any atom is 0.269 e. The lowest BCUT2D eigenvalue weighted by atomic mass is 10.1. The van der Waals surface area contributed by atoms with Crippen LogP contribution >= 0.6 is 28.1 Å². The van der Waals surface area contributed by atoms with Crippen LogP contribution in [0.2, 0.25) is 0 Å². The first-order valence-corrected chi connectivity index (χ1v) is 10.7. The fourth-order valence-electron chi connectivity index (χ4n) is 2.99. The van der Waals surface area contributed by atoms with Crippen LogP contribution in [0.4, 0.5) is 5.69 Å². The molecule has 1 heterocycles. The van der Waals surface area contributed by atoms with E-state index >= 15 is 0 Å². The van der Waals surface area contributed by atoms with E-state index < -0.39 is 16.7 Å². The van der Waals surface area contributed by atoms with Gasteiger partial charge in [-0.05, 0) is 69.6 Å². The number of non-ortho nitro benzene ring substituents is 1. The number of hydrogen-bond donors (Lipinski definition) is 1. The molecule has 170 valence electrons. The van der Waals surface area contributed by atoms with Crippen LogP contribution in [-0.2, 0) is 16.2 Å². The summed E-state index contributed by atoms with van der Waals surface area (Å²) in [4.78, 5) is 36.6. The molecule has 0 aromatic heterocycles. The van der Waals surface area contributed by atoms with Crippen LogP contribution in [0.1, 0.15) is 11.1 Å². The Hall–Kier alpha value is -3.57. The van der Waals surface area contributed by atoms with Gasteiger partial charge in [0.15, 0.2) is 16.6 Å². The third-order valence-corrected chi connectivity index (χ3v) is 5.50. The van der Waals surface area contributed by atoms with Crippen LogP contribution in [0.25, 0.3) is 6.08 Å². The quantitative estimate of drug-likeness (QED) is 0.138. The van der Waals surface area contributed by atoms with E-state index in [-0.39, 0.29) is 29.5 Å². The van der Waals surface area contributed by atoms with Gasteiger partial charge in [0.25, 0.3) is 17.5 Å². The zero-order valence-corrected chi connectivity index (χ0v) is 19.8. The summed E-state index contributed by atoms with van der Waals surface area (Å²) in [6, 6.07) is 9.29. The Morgan fingerprint density at radius 1 is 1.27 bits per heavy atom. The lowest BCUT2D eigenvalue weighted by Gasteiger charge is -2.27. The van der Waals surface area contributed by atoms with Crippen molar-refractivity contribution in [3.8, 4) is 11.5 Å². The molecule has 0 aliphatic carbocycles. The standard InChI is InChI=1S/C22H18BrN3O6S/c1-3-8-25-21(28)16(20(27)24-22(25)33)9-14-10-17(23)19(18(11-14)31-2)32-12-13-4-6-15(7-5-13)26(29)30/h3-7,9-11H,1,8,12H2,2H3,(H,24,27,33)/b16-9+. The molecule has 9 nitrogen and oxygen atoms in total. The molecule has 1 fully saturated rings. The molecule has 2 aromatic carbocycles. The van der Waals surface area contributed by atoms with Gasteiger partial charge in [-0.15, -0.1) is 6.58 Å². The lowest BCUT2D eigenvalue weighted by molar-refractivity contribution is -0.384. The van der Waals surface area contributed by atoms with Crippen molar-refractivity contribution < 1.29 is 24.0 Å². The second kappa shape index (κ2) is 10.4. The molecule has 0 saturated carbocycles. The first kappa shape index (κ1) is 24.1. The van der Waals surface area contributed by atoms with Crippen molar-refractivity contribution in [2.75, 3.05) is 13.7 Å². The fraction of sp³-hybridized carbons (Fsp3) is 0.136. The molecule has 0 bridgehead atoms. The van der Waals surface area contributed by atoms with Gasteiger partial charge in [0.1, 0.15) is 12.2 Å². The van der Waals surface area contributed by atoms with Gasteiger partial charge in [0.2, 0.25) is 0 Å². The highest BCUT2D eigenvalue weighted by Gasteiger charge is 2.32. The number of nitro benzene ring substituents is 1. The number of amides is 2. The number of ether oxygens (including phenoxy) is 2. The normalized spacial score (nSPS) is 14.8. The van der Waals surface area contributed by atoms with E-state index in [4.69, 9.17) is 21.7 Å². The van der Waals surface area contributed by atoms with Crippen molar-refractivity contribution in [1.29, 1.82) is 0 Å². The van der Waals surface area contributed by atoms with E-state index in [1.165, 1.54) is 36.3 Å². The smallest absolute Gasteiger partial charge is 0.269 e. The number of nitro groups is 1. The summed E-state index contributed by atoms with van der Waals surface area (Å²) in [5, 5.41) is 13.3. The average molecular weight is 532 g/mol. The van der Waals surface area contributed by atoms with Gasteiger partial charge in [-0.2, -0.15) is 0 Å². The molecule has 2 amide bonds. The van der Waals surface area contributed by atoms with E-state index in [1.807, 2.05) is 0 Å². The van der Waals surface area contributed by atoms with Crippen molar-refractivity contribution in [2.24, 2.45) is 0 Å². The molecule has 0 unspecified atom stereocenters. The summed E-state index contributed by atoms with van der Waals surface area (Å²) in [7, 11) is 1.46. The van der Waals surface area contributed by atoms with Crippen LogP contribution in [0, 0.1) is 10.1 Å². The Labute approximate surface area is 202 Å². The lowest BCUT2D eigenvalue weighted by Crippen LogP contribution is -2.53. The highest BCUT2D eigenvalue weighted by Crippen LogP contribution is 2.38. The Morgan fingerprint density at radius 2 is 1.97 bits per heavy atom. The first-order chi connectivity index (χ1) is 15.7. The monoisotopic (exact) mass is 531 g/mol. The van der Waals surface area contributed by atoms with Crippen molar-refractivity contribution in [2.45, 2.75) is 6.61 Å². The van der Waals surface area contributed by atoms with E-state index in [9.17, 15) is 19.7 Å². The Balaban J connectivity index is 1.85. The molecule has 3 rings (SSSR count). The van der Waals surface area contributed by atoms with Gasteiger partial charge >= 0.3 is 0 Å². The Morgan fingerprint density at radius 3 is 2.58 bits per heavy atom. The number of hydrogen-bond acceptors (Lipinski definition) is 7. The number of carbonyl (C=O) groups is 2. The minimum Gasteiger partial charge on any atom is -0.493 e. The largest absolute Gasteiger partial charge is 0.493 e. The van der Waals surface area contributed by atoms with Crippen molar-refractivity contribution >= 4 is 56.8 Å². The molecule has 0 atom stereocenters. The van der Waals surface area contributed by atoms with Crippen LogP contribution in [0.5, 0.6) is 11.5 Å². The molecular formula is C22H18BrN3O6S. The number of carbonyl (C=O) groups excluding carboxylic acids is 2. The zero-order valence-electron chi connectivity index (χ0n) is 17.4. The number of benzene rings is 2. The number of halogens is 1. The molecule has 0 spiro atoms.